The molecule has 2 aromatic heterocycles. The van der Waals surface area contributed by atoms with Gasteiger partial charge in [0, 0.05) is 10.3 Å². The summed E-state index contributed by atoms with van der Waals surface area (Å²) >= 11 is 9.68. The van der Waals surface area contributed by atoms with Crippen LogP contribution in [0.3, 0.4) is 0 Å². The summed E-state index contributed by atoms with van der Waals surface area (Å²) in [5.74, 6) is 2.75. The Kier molecular flexibility index (Phi) is 4.05. The van der Waals surface area contributed by atoms with E-state index in [-0.39, 0.29) is 0 Å². The van der Waals surface area contributed by atoms with Crippen LogP contribution in [0.4, 0.5) is 0 Å². The number of halogens is 1. The maximum Gasteiger partial charge on any atom is 0.141 e. The number of aromatic nitrogens is 2. The van der Waals surface area contributed by atoms with Crippen molar-refractivity contribution in [3.05, 3.63) is 21.9 Å². The number of fused-ring (bicyclic) bond motifs is 1. The largest absolute Gasteiger partial charge is 0.221 e. The van der Waals surface area contributed by atoms with E-state index in [0.29, 0.717) is 5.15 Å². The van der Waals surface area contributed by atoms with Crippen molar-refractivity contribution in [2.45, 2.75) is 26.0 Å². The zero-order chi connectivity index (χ0) is 11.5. The first-order valence-corrected chi connectivity index (χ1v) is 7.62. The fourth-order valence-electron chi connectivity index (χ4n) is 1.41. The summed E-state index contributed by atoms with van der Waals surface area (Å²) in [6.45, 7) is 4.27. The monoisotopic (exact) mass is 272 g/mol. The van der Waals surface area contributed by atoms with Gasteiger partial charge in [-0.25, -0.2) is 9.97 Å². The topological polar surface area (TPSA) is 25.8 Å². The van der Waals surface area contributed by atoms with E-state index in [1.807, 2.05) is 11.8 Å². The zero-order valence-corrected chi connectivity index (χ0v) is 11.7. The van der Waals surface area contributed by atoms with E-state index in [9.17, 15) is 0 Å². The van der Waals surface area contributed by atoms with E-state index in [1.54, 1.807) is 11.3 Å². The Morgan fingerprint density at radius 1 is 1.38 bits per heavy atom. The molecule has 16 heavy (non-hydrogen) atoms. The molecule has 0 aliphatic rings. The van der Waals surface area contributed by atoms with Gasteiger partial charge in [-0.05, 0) is 18.2 Å². The molecule has 0 saturated heterocycles. The molecule has 0 atom stereocenters. The molecule has 2 aromatic rings. The molecule has 0 fully saturated rings. The Morgan fingerprint density at radius 3 is 2.88 bits per heavy atom. The van der Waals surface area contributed by atoms with Gasteiger partial charge in [0.25, 0.3) is 0 Å². The van der Waals surface area contributed by atoms with Crippen LogP contribution in [0.25, 0.3) is 10.2 Å². The number of thiophene rings is 1. The number of aryl methyl sites for hydroxylation is 1. The Balaban J connectivity index is 2.40. The van der Waals surface area contributed by atoms with Crippen LogP contribution in [0.1, 0.15) is 24.5 Å². The van der Waals surface area contributed by atoms with E-state index in [0.717, 1.165) is 34.0 Å². The molecular weight excluding hydrogens is 260 g/mol. The van der Waals surface area contributed by atoms with Crippen LogP contribution in [0.5, 0.6) is 0 Å². The highest BCUT2D eigenvalue weighted by atomic mass is 35.5. The third-order valence-corrected chi connectivity index (χ3v) is 4.56. The summed E-state index contributed by atoms with van der Waals surface area (Å²) in [7, 11) is 0. The second kappa shape index (κ2) is 5.34. The Hall–Kier alpha value is -0.320. The first-order chi connectivity index (χ1) is 7.74. The molecule has 86 valence electrons. The fraction of sp³-hybridized carbons (Fsp3) is 0.455. The molecule has 0 aromatic carbocycles. The highest BCUT2D eigenvalue weighted by Gasteiger charge is 2.09. The average molecular weight is 273 g/mol. The van der Waals surface area contributed by atoms with Gasteiger partial charge in [-0.3, -0.25) is 0 Å². The van der Waals surface area contributed by atoms with E-state index in [1.165, 1.54) is 4.88 Å². The van der Waals surface area contributed by atoms with Crippen LogP contribution in [0.15, 0.2) is 6.07 Å². The number of thioether (sulfide) groups is 1. The lowest BCUT2D eigenvalue weighted by atomic mass is 10.3. The van der Waals surface area contributed by atoms with Crippen molar-refractivity contribution < 1.29 is 0 Å². The van der Waals surface area contributed by atoms with Crippen LogP contribution < -0.4 is 0 Å². The third-order valence-electron chi connectivity index (χ3n) is 2.23. The van der Waals surface area contributed by atoms with Crippen molar-refractivity contribution >= 4 is 44.9 Å². The Labute approximate surface area is 108 Å². The van der Waals surface area contributed by atoms with Crippen LogP contribution in [0, 0.1) is 0 Å². The minimum Gasteiger partial charge on any atom is -0.221 e. The number of hydrogen-bond acceptors (Lipinski definition) is 4. The smallest absolute Gasteiger partial charge is 0.141 e. The lowest BCUT2D eigenvalue weighted by Crippen LogP contribution is -1.92. The number of nitrogens with zero attached hydrogens (tertiary/aromatic N) is 2. The molecule has 2 nitrogen and oxygen atoms in total. The molecule has 2 rings (SSSR count). The molecular formula is C11H13ClN2S2. The maximum atomic E-state index is 6.16. The summed E-state index contributed by atoms with van der Waals surface area (Å²) in [6.07, 6.45) is 1.02. The normalized spacial score (nSPS) is 11.2. The summed E-state index contributed by atoms with van der Waals surface area (Å²) < 4.78 is 0. The molecule has 5 heteroatoms. The van der Waals surface area contributed by atoms with Crippen molar-refractivity contribution in [3.8, 4) is 0 Å². The minimum absolute atomic E-state index is 0.590. The van der Waals surface area contributed by atoms with Gasteiger partial charge in [-0.15, -0.1) is 11.3 Å². The highest BCUT2D eigenvalue weighted by molar-refractivity contribution is 7.98. The summed E-state index contributed by atoms with van der Waals surface area (Å²) in [5.41, 5.74) is 0. The van der Waals surface area contributed by atoms with Gasteiger partial charge in [0.05, 0.1) is 5.75 Å². The molecule has 0 spiro atoms. The SMILES string of the molecule is CCSCc1nc(Cl)c2cc(CC)sc2n1. The molecule has 0 amide bonds. The van der Waals surface area contributed by atoms with Gasteiger partial charge in [-0.1, -0.05) is 25.4 Å². The van der Waals surface area contributed by atoms with E-state index in [2.05, 4.69) is 29.9 Å². The lowest BCUT2D eigenvalue weighted by Gasteiger charge is -1.99. The Morgan fingerprint density at radius 2 is 2.19 bits per heavy atom. The van der Waals surface area contributed by atoms with Crippen molar-refractivity contribution in [3.63, 3.8) is 0 Å². The minimum atomic E-state index is 0.590. The van der Waals surface area contributed by atoms with Crippen LogP contribution >= 0.6 is 34.7 Å². The molecule has 0 radical (unpaired) electrons. The van der Waals surface area contributed by atoms with Crippen LogP contribution in [0.2, 0.25) is 5.15 Å². The molecule has 0 aliphatic carbocycles. The quantitative estimate of drug-likeness (QED) is 0.782. The molecule has 0 N–H and O–H groups in total. The van der Waals surface area contributed by atoms with Gasteiger partial charge in [0.2, 0.25) is 0 Å². The number of rotatable bonds is 4. The predicted molar refractivity (Wildman–Crippen MR) is 73.6 cm³/mol. The van der Waals surface area contributed by atoms with Crippen molar-refractivity contribution in [2.75, 3.05) is 5.75 Å². The zero-order valence-electron chi connectivity index (χ0n) is 9.29. The Bertz CT molecular complexity index is 496. The van der Waals surface area contributed by atoms with Gasteiger partial charge in [-0.2, -0.15) is 11.8 Å². The molecule has 0 unspecified atom stereocenters. The second-order valence-corrected chi connectivity index (χ2v) is 6.10. The molecule has 2 heterocycles. The molecule has 0 bridgehead atoms. The van der Waals surface area contributed by atoms with Gasteiger partial charge in [0.1, 0.15) is 15.8 Å². The van der Waals surface area contributed by atoms with Gasteiger partial charge in [0.15, 0.2) is 0 Å². The van der Waals surface area contributed by atoms with Crippen LogP contribution in [-0.2, 0) is 12.2 Å². The maximum absolute atomic E-state index is 6.16. The van der Waals surface area contributed by atoms with Crippen LogP contribution in [-0.4, -0.2) is 15.7 Å². The summed E-state index contributed by atoms with van der Waals surface area (Å²) in [5, 5.41) is 1.58. The number of hydrogen-bond donors (Lipinski definition) is 0. The van der Waals surface area contributed by atoms with Crippen molar-refractivity contribution in [1.29, 1.82) is 0 Å². The van der Waals surface area contributed by atoms with E-state index in [4.69, 9.17) is 11.6 Å². The lowest BCUT2D eigenvalue weighted by molar-refractivity contribution is 1.08. The van der Waals surface area contributed by atoms with Gasteiger partial charge >= 0.3 is 0 Å². The molecule has 0 saturated carbocycles. The summed E-state index contributed by atoms with van der Waals surface area (Å²) in [4.78, 5) is 11.2. The van der Waals surface area contributed by atoms with Crippen molar-refractivity contribution in [2.24, 2.45) is 0 Å². The average Bonchev–Trinajstić information content (AvgIpc) is 2.70. The second-order valence-electron chi connectivity index (χ2n) is 3.35. The first kappa shape index (κ1) is 12.1. The molecule has 0 aliphatic heterocycles. The van der Waals surface area contributed by atoms with Crippen molar-refractivity contribution in [1.82, 2.24) is 9.97 Å². The third kappa shape index (κ3) is 2.50. The highest BCUT2D eigenvalue weighted by Crippen LogP contribution is 2.29. The summed E-state index contributed by atoms with van der Waals surface area (Å²) in [6, 6.07) is 2.10. The first-order valence-electron chi connectivity index (χ1n) is 5.27. The predicted octanol–water partition coefficient (Wildman–Crippen LogP) is 4.16. The standard InChI is InChI=1S/C11H13ClN2S2/c1-3-7-5-8-10(12)13-9(6-15-4-2)14-11(8)16-7/h5H,3-4,6H2,1-2H3. The van der Waals surface area contributed by atoms with E-state index < -0.39 is 0 Å². The fourth-order valence-corrected chi connectivity index (χ4v) is 3.21. The van der Waals surface area contributed by atoms with E-state index >= 15 is 0 Å². The van der Waals surface area contributed by atoms with Gasteiger partial charge < -0.3 is 0 Å².